The van der Waals surface area contributed by atoms with Crippen LogP contribution in [-0.2, 0) is 21.0 Å². The van der Waals surface area contributed by atoms with E-state index in [2.05, 4.69) is 0 Å². The lowest BCUT2D eigenvalue weighted by molar-refractivity contribution is 0.152. The van der Waals surface area contributed by atoms with E-state index in [0.29, 0.717) is 25.1 Å². The summed E-state index contributed by atoms with van der Waals surface area (Å²) in [6, 6.07) is 17.7. The van der Waals surface area contributed by atoms with Crippen molar-refractivity contribution in [3.63, 3.8) is 0 Å². The Morgan fingerprint density at radius 1 is 1.00 bits per heavy atom. The van der Waals surface area contributed by atoms with Gasteiger partial charge < -0.3 is 4.74 Å². The zero-order chi connectivity index (χ0) is 20.7. The third-order valence-electron chi connectivity index (χ3n) is 5.14. The number of nitrogens with zero attached hydrogens (tertiary/aromatic N) is 1. The van der Waals surface area contributed by atoms with E-state index < -0.39 is 21.3 Å². The van der Waals surface area contributed by atoms with Gasteiger partial charge in [0, 0.05) is 5.88 Å². The van der Waals surface area contributed by atoms with Crippen molar-refractivity contribution in [3.05, 3.63) is 66.2 Å². The van der Waals surface area contributed by atoms with Gasteiger partial charge >= 0.3 is 6.09 Å². The Balaban J connectivity index is 1.89. The molecule has 2 aromatic carbocycles. The number of alkyl halides is 1. The van der Waals surface area contributed by atoms with Crippen molar-refractivity contribution in [1.29, 1.82) is 0 Å². The fourth-order valence-electron chi connectivity index (χ4n) is 3.67. The lowest BCUT2D eigenvalue weighted by Gasteiger charge is -2.30. The maximum Gasteiger partial charge on any atom is 0.411 e. The van der Waals surface area contributed by atoms with Crippen molar-refractivity contribution in [1.82, 2.24) is 4.90 Å². The Morgan fingerprint density at radius 3 is 2.31 bits per heavy atom. The molecule has 0 unspecified atom stereocenters. The van der Waals surface area contributed by atoms with Gasteiger partial charge in [-0.1, -0.05) is 61.4 Å². The van der Waals surface area contributed by atoms with E-state index in [9.17, 15) is 13.2 Å². The minimum Gasteiger partial charge on any atom is -0.447 e. The highest BCUT2D eigenvalue weighted by Crippen LogP contribution is 2.29. The summed E-state index contributed by atoms with van der Waals surface area (Å²) < 4.78 is 32.2. The van der Waals surface area contributed by atoms with Gasteiger partial charge in [-0.25, -0.2) is 13.2 Å². The normalized spacial score (nSPS) is 17.9. The van der Waals surface area contributed by atoms with Gasteiger partial charge in [-0.3, -0.25) is 4.90 Å². The van der Waals surface area contributed by atoms with E-state index in [4.69, 9.17) is 16.3 Å². The van der Waals surface area contributed by atoms with Crippen LogP contribution in [0.25, 0.3) is 0 Å². The van der Waals surface area contributed by atoms with Crippen molar-refractivity contribution in [2.45, 2.75) is 48.4 Å². The zero-order valence-electron chi connectivity index (χ0n) is 16.2. The molecule has 2 atom stereocenters. The van der Waals surface area contributed by atoms with Gasteiger partial charge in [0.1, 0.15) is 12.0 Å². The number of carbonyl (C=O) groups is 1. The van der Waals surface area contributed by atoms with Crippen molar-refractivity contribution in [2.75, 3.05) is 12.5 Å². The van der Waals surface area contributed by atoms with Crippen molar-refractivity contribution < 1.29 is 17.9 Å². The molecule has 1 aliphatic heterocycles. The number of rotatable bonds is 10. The molecule has 0 aromatic heterocycles. The van der Waals surface area contributed by atoms with Gasteiger partial charge in [0.2, 0.25) is 0 Å². The summed E-state index contributed by atoms with van der Waals surface area (Å²) in [5, 5.41) is -0.955. The van der Waals surface area contributed by atoms with E-state index >= 15 is 0 Å². The van der Waals surface area contributed by atoms with Gasteiger partial charge in [0.25, 0.3) is 0 Å². The van der Waals surface area contributed by atoms with Crippen LogP contribution >= 0.6 is 11.6 Å². The number of halogens is 1. The summed E-state index contributed by atoms with van der Waals surface area (Å²) in [4.78, 5) is 14.3. The summed E-state index contributed by atoms with van der Waals surface area (Å²) in [5.74, 6) is 0.540. The Kier molecular flexibility index (Phi) is 7.56. The second-order valence-electron chi connectivity index (χ2n) is 7.18. The van der Waals surface area contributed by atoms with E-state index in [1.165, 1.54) is 4.90 Å². The molecule has 0 radical (unpaired) electrons. The molecule has 1 heterocycles. The molecule has 1 amide bonds. The third-order valence-corrected chi connectivity index (χ3v) is 7.52. The van der Waals surface area contributed by atoms with Crippen molar-refractivity contribution >= 4 is 27.5 Å². The first-order valence-electron chi connectivity index (χ1n) is 9.88. The van der Waals surface area contributed by atoms with Crippen LogP contribution in [0.4, 0.5) is 4.79 Å². The fraction of sp³-hybridized carbons (Fsp3) is 0.409. The smallest absolute Gasteiger partial charge is 0.411 e. The summed E-state index contributed by atoms with van der Waals surface area (Å²) in [5.41, 5.74) is 1.04. The van der Waals surface area contributed by atoms with Crippen LogP contribution in [0.1, 0.15) is 31.2 Å². The monoisotopic (exact) mass is 435 g/mol. The van der Waals surface area contributed by atoms with Gasteiger partial charge in [0.05, 0.1) is 10.9 Å². The summed E-state index contributed by atoms with van der Waals surface area (Å²) in [7, 11) is -3.74. The Bertz CT molecular complexity index is 890. The van der Waals surface area contributed by atoms with Crippen LogP contribution in [0, 0.1) is 0 Å². The molecular formula is C22H26ClNO4S. The Labute approximate surface area is 177 Å². The van der Waals surface area contributed by atoms with Crippen molar-refractivity contribution in [2.24, 2.45) is 0 Å². The van der Waals surface area contributed by atoms with Gasteiger partial charge in [-0.05, 0) is 37.0 Å². The molecular weight excluding hydrogens is 410 g/mol. The van der Waals surface area contributed by atoms with Crippen LogP contribution in [-0.4, -0.2) is 43.3 Å². The Morgan fingerprint density at radius 2 is 1.66 bits per heavy atom. The number of unbranched alkanes of at least 4 members (excludes halogenated alkanes) is 2. The second kappa shape index (κ2) is 10.1. The number of sulfone groups is 1. The quantitative estimate of drug-likeness (QED) is 0.402. The molecule has 29 heavy (non-hydrogen) atoms. The SMILES string of the molecule is O=C1OC[C@H](Cc2ccccc2)N1[C@@H](CCCCCCl)S(=O)(=O)c1ccccc1. The Hall–Kier alpha value is -2.05. The minimum absolute atomic E-state index is 0.191. The highest BCUT2D eigenvalue weighted by Gasteiger charge is 2.44. The largest absolute Gasteiger partial charge is 0.447 e. The number of ether oxygens (including phenoxy) is 1. The number of carbonyl (C=O) groups excluding carboxylic acids is 1. The summed E-state index contributed by atoms with van der Waals surface area (Å²) >= 11 is 5.76. The van der Waals surface area contributed by atoms with E-state index in [-0.39, 0.29) is 17.5 Å². The summed E-state index contributed by atoms with van der Waals surface area (Å²) in [6.07, 6.45) is 2.65. The standard InChI is InChI=1S/C22H26ClNO4S/c23-15-9-3-8-14-21(29(26,27)20-12-6-2-7-13-20)24-19(17-28-22(24)25)16-18-10-4-1-5-11-18/h1-2,4-7,10-13,19,21H,3,8-9,14-17H2/t19-,21+/m0/s1. The molecule has 7 heteroatoms. The molecule has 0 aliphatic carbocycles. The number of hydrogen-bond acceptors (Lipinski definition) is 4. The average molecular weight is 436 g/mol. The first-order chi connectivity index (χ1) is 14.0. The predicted octanol–water partition coefficient (Wildman–Crippen LogP) is 4.65. The molecule has 1 saturated heterocycles. The zero-order valence-corrected chi connectivity index (χ0v) is 17.8. The maximum atomic E-state index is 13.5. The topological polar surface area (TPSA) is 63.7 Å². The van der Waals surface area contributed by atoms with E-state index in [0.717, 1.165) is 18.4 Å². The molecule has 0 bridgehead atoms. The molecule has 1 fully saturated rings. The van der Waals surface area contributed by atoms with Crippen molar-refractivity contribution in [3.8, 4) is 0 Å². The van der Waals surface area contributed by atoms with Crippen LogP contribution in [0.2, 0.25) is 0 Å². The van der Waals surface area contributed by atoms with Crippen LogP contribution in [0.15, 0.2) is 65.6 Å². The van der Waals surface area contributed by atoms with Crippen LogP contribution < -0.4 is 0 Å². The lowest BCUT2D eigenvalue weighted by Crippen LogP contribution is -2.47. The fourth-order valence-corrected chi connectivity index (χ4v) is 5.74. The number of amides is 1. The number of hydrogen-bond donors (Lipinski definition) is 0. The van der Waals surface area contributed by atoms with E-state index in [1.807, 2.05) is 30.3 Å². The highest BCUT2D eigenvalue weighted by atomic mass is 35.5. The maximum absolute atomic E-state index is 13.5. The predicted molar refractivity (Wildman–Crippen MR) is 114 cm³/mol. The third kappa shape index (κ3) is 5.31. The number of cyclic esters (lactones) is 1. The van der Waals surface area contributed by atoms with Gasteiger partial charge in [-0.2, -0.15) is 0 Å². The lowest BCUT2D eigenvalue weighted by atomic mass is 10.1. The highest BCUT2D eigenvalue weighted by molar-refractivity contribution is 7.92. The molecule has 156 valence electrons. The molecule has 0 spiro atoms. The first kappa shape index (κ1) is 21.7. The second-order valence-corrected chi connectivity index (χ2v) is 9.66. The van der Waals surface area contributed by atoms with Crippen LogP contribution in [0.3, 0.4) is 0 Å². The van der Waals surface area contributed by atoms with Gasteiger partial charge in [-0.15, -0.1) is 11.6 Å². The number of benzene rings is 2. The minimum atomic E-state index is -3.74. The molecule has 2 aromatic rings. The first-order valence-corrected chi connectivity index (χ1v) is 12.0. The van der Waals surface area contributed by atoms with Gasteiger partial charge in [0.15, 0.2) is 9.84 Å². The molecule has 5 nitrogen and oxygen atoms in total. The average Bonchev–Trinajstić information content (AvgIpc) is 3.09. The molecule has 0 N–H and O–H groups in total. The molecule has 1 aliphatic rings. The summed E-state index contributed by atoms with van der Waals surface area (Å²) in [6.45, 7) is 0.191. The van der Waals surface area contributed by atoms with E-state index in [1.54, 1.807) is 30.3 Å². The molecule has 0 saturated carbocycles. The van der Waals surface area contributed by atoms with Crippen LogP contribution in [0.5, 0.6) is 0 Å². The molecule has 3 rings (SSSR count).